The van der Waals surface area contributed by atoms with Crippen molar-refractivity contribution in [1.82, 2.24) is 10.4 Å². The molecule has 0 spiro atoms. The number of nitrogens with one attached hydrogen (secondary N) is 1. The molecule has 1 heterocycles. The lowest BCUT2D eigenvalue weighted by molar-refractivity contribution is 0.0275. The van der Waals surface area contributed by atoms with Crippen molar-refractivity contribution in [3.05, 3.63) is 0 Å². The van der Waals surface area contributed by atoms with Gasteiger partial charge in [-0.2, -0.15) is 9.87 Å². The Morgan fingerprint density at radius 1 is 1.28 bits per heavy atom. The molecule has 1 N–H and O–H groups in total. The predicted molar refractivity (Wildman–Crippen MR) is 67.9 cm³/mol. The number of hydrogen-bond donors (Lipinski definition) is 1. The van der Waals surface area contributed by atoms with Crippen molar-refractivity contribution in [2.75, 3.05) is 13.1 Å². The molecule has 0 unspecified atom stereocenters. The summed E-state index contributed by atoms with van der Waals surface area (Å²) in [6, 6.07) is 0.304. The molecular weight excluding hydrogens is 256 g/mol. The third-order valence-electron chi connectivity index (χ3n) is 3.61. The number of likely N-dealkylation sites (tertiary alicyclic amines) is 1. The minimum Gasteiger partial charge on any atom is -0.444 e. The van der Waals surface area contributed by atoms with Gasteiger partial charge >= 0.3 is 6.09 Å². The average Bonchev–Trinajstić information content (AvgIpc) is 2.72. The monoisotopic (exact) mass is 276 g/mol. The van der Waals surface area contributed by atoms with E-state index in [-0.39, 0.29) is 6.09 Å². The van der Waals surface area contributed by atoms with E-state index in [0.717, 1.165) is 25.9 Å². The maximum absolute atomic E-state index is 11.9. The van der Waals surface area contributed by atoms with E-state index in [0.29, 0.717) is 17.9 Å². The fourth-order valence-electron chi connectivity index (χ4n) is 2.93. The number of carbonyl (C=O) groups excluding carboxylic acids is 1. The molecule has 0 aromatic heterocycles. The molecule has 1 aliphatic heterocycles. The fourth-order valence-corrected chi connectivity index (χ4v) is 3.06. The summed E-state index contributed by atoms with van der Waals surface area (Å²) in [5, 5.41) is 0. The Labute approximate surface area is 113 Å². The lowest BCUT2D eigenvalue weighted by atomic mass is 10.0. The first-order valence-electron chi connectivity index (χ1n) is 6.40. The van der Waals surface area contributed by atoms with Crippen LogP contribution in [0.4, 0.5) is 4.79 Å². The molecule has 0 aromatic rings. The molecule has 1 aliphatic carbocycles. The summed E-state index contributed by atoms with van der Waals surface area (Å²) in [6.45, 7) is 7.22. The number of halogens is 1. The third kappa shape index (κ3) is 3.28. The van der Waals surface area contributed by atoms with Gasteiger partial charge in [0.1, 0.15) is 5.60 Å². The molecule has 18 heavy (non-hydrogen) atoms. The van der Waals surface area contributed by atoms with Gasteiger partial charge in [0.15, 0.2) is 0 Å². The normalized spacial score (nSPS) is 31.6. The Morgan fingerprint density at radius 2 is 1.83 bits per heavy atom. The molecule has 1 saturated heterocycles. The van der Waals surface area contributed by atoms with Gasteiger partial charge in [0.2, 0.25) is 0 Å². The van der Waals surface area contributed by atoms with E-state index >= 15 is 0 Å². The van der Waals surface area contributed by atoms with Gasteiger partial charge in [0.05, 0.1) is 11.9 Å². The van der Waals surface area contributed by atoms with Crippen LogP contribution < -0.4 is 5.48 Å². The van der Waals surface area contributed by atoms with Gasteiger partial charge < -0.3 is 9.64 Å². The molecule has 1 saturated carbocycles. The molecule has 1 amide bonds. The standard InChI is InChI=1S/C12H21ClN2O3/c1-12(2,3)17-11(16)15-6-8-4-10(14-18-13)5-9(8)7-15/h8-10,14H,4-7H2,1-3H3/t8-,9+,10+. The number of amides is 1. The Kier molecular flexibility index (Phi) is 4.04. The molecule has 3 atom stereocenters. The van der Waals surface area contributed by atoms with Crippen LogP contribution in [0, 0.1) is 11.8 Å². The van der Waals surface area contributed by atoms with Gasteiger partial charge in [0.25, 0.3) is 0 Å². The van der Waals surface area contributed by atoms with E-state index in [1.54, 1.807) is 0 Å². The number of fused-ring (bicyclic) bond motifs is 1. The van der Waals surface area contributed by atoms with Gasteiger partial charge in [-0.25, -0.2) is 4.79 Å². The number of ether oxygens (including phenoxy) is 1. The van der Waals surface area contributed by atoms with Gasteiger partial charge in [-0.1, -0.05) is 0 Å². The van der Waals surface area contributed by atoms with Crippen molar-refractivity contribution < 1.29 is 13.9 Å². The third-order valence-corrected chi connectivity index (χ3v) is 3.70. The number of carbonyl (C=O) groups is 1. The van der Waals surface area contributed by atoms with Crippen LogP contribution in [0.15, 0.2) is 0 Å². The average molecular weight is 277 g/mol. The molecule has 0 radical (unpaired) electrons. The van der Waals surface area contributed by atoms with Crippen molar-refractivity contribution in [2.24, 2.45) is 11.8 Å². The van der Waals surface area contributed by atoms with Crippen LogP contribution in [0.25, 0.3) is 0 Å². The molecule has 2 aliphatic rings. The van der Waals surface area contributed by atoms with Gasteiger partial charge in [0, 0.05) is 19.1 Å². The maximum atomic E-state index is 11.9. The Morgan fingerprint density at radius 3 is 2.28 bits per heavy atom. The van der Waals surface area contributed by atoms with E-state index < -0.39 is 5.60 Å². The van der Waals surface area contributed by atoms with Crippen molar-refractivity contribution in [2.45, 2.75) is 45.3 Å². The zero-order valence-electron chi connectivity index (χ0n) is 11.1. The van der Waals surface area contributed by atoms with Crippen LogP contribution >= 0.6 is 11.9 Å². The summed E-state index contributed by atoms with van der Waals surface area (Å²) in [5.41, 5.74) is 2.36. The fraction of sp³-hybridized carbons (Fsp3) is 0.917. The Balaban J connectivity index is 1.83. The smallest absolute Gasteiger partial charge is 0.410 e. The SMILES string of the molecule is CC(C)(C)OC(=O)N1C[C@H]2C[C@H](NOCl)C[C@H]2C1. The summed E-state index contributed by atoms with van der Waals surface area (Å²) in [6.07, 6.45) is 1.79. The zero-order chi connectivity index (χ0) is 13.3. The van der Waals surface area contributed by atoms with Crippen LogP contribution in [0.2, 0.25) is 0 Å². The quantitative estimate of drug-likeness (QED) is 0.787. The second-order valence-corrected chi connectivity index (χ2v) is 6.42. The first-order valence-corrected chi connectivity index (χ1v) is 6.71. The molecule has 5 nitrogen and oxygen atoms in total. The number of hydroxylamine groups is 1. The molecule has 0 aromatic carbocycles. The summed E-state index contributed by atoms with van der Waals surface area (Å²) in [5.74, 6) is 1.06. The van der Waals surface area contributed by atoms with E-state index in [1.165, 1.54) is 0 Å². The highest BCUT2D eigenvalue weighted by atomic mass is 35.5. The lowest BCUT2D eigenvalue weighted by Gasteiger charge is -2.25. The lowest BCUT2D eigenvalue weighted by Crippen LogP contribution is -2.36. The molecule has 6 heteroatoms. The maximum Gasteiger partial charge on any atom is 0.410 e. The highest BCUT2D eigenvalue weighted by molar-refractivity contribution is 6.07. The summed E-state index contributed by atoms with van der Waals surface area (Å²) < 4.78 is 9.83. The molecule has 104 valence electrons. The predicted octanol–water partition coefficient (Wildman–Crippen LogP) is 2.31. The largest absolute Gasteiger partial charge is 0.444 e. The summed E-state index contributed by atoms with van der Waals surface area (Å²) >= 11 is 5.19. The second kappa shape index (κ2) is 5.23. The number of hydrogen-bond acceptors (Lipinski definition) is 4. The van der Waals surface area contributed by atoms with Crippen molar-refractivity contribution in [3.63, 3.8) is 0 Å². The highest BCUT2D eigenvalue weighted by Gasteiger charge is 2.43. The van der Waals surface area contributed by atoms with E-state index in [1.807, 2.05) is 25.7 Å². The minimum atomic E-state index is -0.425. The summed E-state index contributed by atoms with van der Waals surface area (Å²) in [7, 11) is 0. The summed E-state index contributed by atoms with van der Waals surface area (Å²) in [4.78, 5) is 13.8. The Hall–Kier alpha value is -0.520. The van der Waals surface area contributed by atoms with E-state index in [4.69, 9.17) is 16.6 Å². The van der Waals surface area contributed by atoms with Crippen molar-refractivity contribution in [3.8, 4) is 0 Å². The van der Waals surface area contributed by atoms with E-state index in [9.17, 15) is 4.79 Å². The molecular formula is C12H21ClN2O3. The van der Waals surface area contributed by atoms with Crippen LogP contribution in [0.1, 0.15) is 33.6 Å². The van der Waals surface area contributed by atoms with Crippen LogP contribution in [0.5, 0.6) is 0 Å². The second-order valence-electron chi connectivity index (χ2n) is 6.27. The molecule has 2 fully saturated rings. The van der Waals surface area contributed by atoms with Crippen LogP contribution in [-0.4, -0.2) is 35.7 Å². The van der Waals surface area contributed by atoms with Crippen LogP contribution in [-0.2, 0) is 9.13 Å². The Bertz CT molecular complexity index is 305. The van der Waals surface area contributed by atoms with Gasteiger partial charge in [-0.05, 0) is 45.4 Å². The zero-order valence-corrected chi connectivity index (χ0v) is 11.9. The van der Waals surface area contributed by atoms with Gasteiger partial charge in [-0.15, -0.1) is 0 Å². The first kappa shape index (κ1) is 13.9. The first-order chi connectivity index (χ1) is 8.39. The van der Waals surface area contributed by atoms with Crippen molar-refractivity contribution >= 4 is 18.0 Å². The molecule has 0 bridgehead atoms. The highest BCUT2D eigenvalue weighted by Crippen LogP contribution is 2.38. The number of rotatable bonds is 2. The van der Waals surface area contributed by atoms with Crippen LogP contribution in [0.3, 0.4) is 0 Å². The van der Waals surface area contributed by atoms with Gasteiger partial charge in [-0.3, -0.25) is 0 Å². The minimum absolute atomic E-state index is 0.199. The molecule has 2 rings (SSSR count). The number of nitrogens with zero attached hydrogens (tertiary/aromatic N) is 1. The topological polar surface area (TPSA) is 50.8 Å². The van der Waals surface area contributed by atoms with E-state index in [2.05, 4.69) is 9.87 Å². The van der Waals surface area contributed by atoms with Crippen molar-refractivity contribution in [1.29, 1.82) is 0 Å².